The van der Waals surface area contributed by atoms with Gasteiger partial charge in [0.2, 0.25) is 0 Å². The Kier molecular flexibility index (Phi) is 11.7. The van der Waals surface area contributed by atoms with Gasteiger partial charge in [0, 0.05) is 45.3 Å². The lowest BCUT2D eigenvalue weighted by Crippen LogP contribution is -2.40. The lowest BCUT2D eigenvalue weighted by atomic mass is 10.1. The predicted octanol–water partition coefficient (Wildman–Crippen LogP) is 2.56. The molecule has 6 nitrogen and oxygen atoms in total. The van der Waals surface area contributed by atoms with Gasteiger partial charge in [0.25, 0.3) is 0 Å². The molecule has 164 valence electrons. The van der Waals surface area contributed by atoms with Crippen LogP contribution >= 0.6 is 0 Å². The summed E-state index contributed by atoms with van der Waals surface area (Å²) in [6.45, 7) is 13.2. The van der Waals surface area contributed by atoms with E-state index in [1.54, 1.807) is 0 Å². The quantitative estimate of drug-likeness (QED) is 0.319. The number of aliphatic imine (C=N–C) groups is 1. The second-order valence-electron chi connectivity index (χ2n) is 7.89. The molecule has 1 heterocycles. The molecule has 1 aliphatic rings. The summed E-state index contributed by atoms with van der Waals surface area (Å²) in [7, 11) is 2.20. The number of hydrogen-bond acceptors (Lipinski definition) is 4. The molecule has 0 aliphatic carbocycles. The molecule has 1 atom stereocenters. The molecule has 0 aromatic heterocycles. The van der Waals surface area contributed by atoms with Crippen LogP contribution in [-0.2, 0) is 11.3 Å². The normalized spacial score (nSPS) is 16.8. The Balaban J connectivity index is 1.62. The second-order valence-corrected chi connectivity index (χ2v) is 7.89. The van der Waals surface area contributed by atoms with Gasteiger partial charge in [0.1, 0.15) is 0 Å². The van der Waals surface area contributed by atoms with Gasteiger partial charge in [0.15, 0.2) is 5.96 Å². The van der Waals surface area contributed by atoms with E-state index < -0.39 is 0 Å². The monoisotopic (exact) mass is 403 g/mol. The van der Waals surface area contributed by atoms with Crippen molar-refractivity contribution in [3.8, 4) is 0 Å². The van der Waals surface area contributed by atoms with Gasteiger partial charge in [-0.2, -0.15) is 0 Å². The third-order valence-electron chi connectivity index (χ3n) is 5.48. The second kappa shape index (κ2) is 14.4. The highest BCUT2D eigenvalue weighted by atomic mass is 16.5. The summed E-state index contributed by atoms with van der Waals surface area (Å²) in [6, 6.07) is 11.2. The molecule has 0 radical (unpaired) electrons. The van der Waals surface area contributed by atoms with Gasteiger partial charge in [0.05, 0.1) is 13.2 Å². The molecule has 2 rings (SSSR count). The van der Waals surface area contributed by atoms with Crippen molar-refractivity contribution in [1.29, 1.82) is 0 Å². The number of hydrogen-bond donors (Lipinski definition) is 2. The zero-order chi connectivity index (χ0) is 20.7. The van der Waals surface area contributed by atoms with Gasteiger partial charge in [-0.3, -0.25) is 14.8 Å². The summed E-state index contributed by atoms with van der Waals surface area (Å²) in [5.41, 5.74) is 1.36. The van der Waals surface area contributed by atoms with Crippen LogP contribution in [0.3, 0.4) is 0 Å². The van der Waals surface area contributed by atoms with Crippen LogP contribution in [0.5, 0.6) is 0 Å². The molecule has 1 fully saturated rings. The van der Waals surface area contributed by atoms with Gasteiger partial charge in [-0.15, -0.1) is 0 Å². The average molecular weight is 404 g/mol. The molecule has 1 aromatic rings. The Morgan fingerprint density at radius 2 is 1.93 bits per heavy atom. The van der Waals surface area contributed by atoms with Gasteiger partial charge >= 0.3 is 0 Å². The summed E-state index contributed by atoms with van der Waals surface area (Å²) in [5.74, 6) is 0.941. The zero-order valence-corrected chi connectivity index (χ0v) is 18.7. The minimum absolute atomic E-state index is 0.513. The highest BCUT2D eigenvalue weighted by Crippen LogP contribution is 2.08. The first-order valence-electron chi connectivity index (χ1n) is 11.3. The Bertz CT molecular complexity index is 560. The number of nitrogens with one attached hydrogen (secondary N) is 2. The molecule has 1 aromatic carbocycles. The van der Waals surface area contributed by atoms with Crippen LogP contribution in [0, 0.1) is 0 Å². The molecule has 29 heavy (non-hydrogen) atoms. The van der Waals surface area contributed by atoms with Crippen LogP contribution in [0.25, 0.3) is 0 Å². The van der Waals surface area contributed by atoms with Crippen molar-refractivity contribution >= 4 is 5.96 Å². The summed E-state index contributed by atoms with van der Waals surface area (Å²) in [6.07, 6.45) is 3.42. The number of guanidine groups is 1. The van der Waals surface area contributed by atoms with E-state index in [4.69, 9.17) is 9.73 Å². The Morgan fingerprint density at radius 1 is 1.17 bits per heavy atom. The molecule has 2 N–H and O–H groups in total. The van der Waals surface area contributed by atoms with Crippen LogP contribution in [0.1, 0.15) is 38.7 Å². The van der Waals surface area contributed by atoms with E-state index in [1.165, 1.54) is 12.0 Å². The van der Waals surface area contributed by atoms with Crippen LogP contribution < -0.4 is 10.6 Å². The average Bonchev–Trinajstić information content (AvgIpc) is 2.74. The largest absolute Gasteiger partial charge is 0.379 e. The molecule has 1 saturated heterocycles. The van der Waals surface area contributed by atoms with Crippen molar-refractivity contribution in [2.75, 3.05) is 59.5 Å². The molecular formula is C23H41N5O. The molecule has 1 unspecified atom stereocenters. The van der Waals surface area contributed by atoms with Gasteiger partial charge in [-0.05, 0) is 52.3 Å². The fourth-order valence-corrected chi connectivity index (χ4v) is 3.45. The molecule has 0 spiro atoms. The van der Waals surface area contributed by atoms with Crippen molar-refractivity contribution in [3.05, 3.63) is 35.9 Å². The number of ether oxygens (including phenoxy) is 1. The number of unbranched alkanes of at least 4 members (excludes halogenated alkanes) is 1. The van der Waals surface area contributed by atoms with Crippen molar-refractivity contribution in [1.82, 2.24) is 20.4 Å². The first-order valence-corrected chi connectivity index (χ1v) is 11.3. The van der Waals surface area contributed by atoms with Crippen LogP contribution in [0.4, 0.5) is 0 Å². The molecule has 1 aliphatic heterocycles. The van der Waals surface area contributed by atoms with E-state index in [1.807, 2.05) is 0 Å². The van der Waals surface area contributed by atoms with Gasteiger partial charge in [-0.1, -0.05) is 30.3 Å². The van der Waals surface area contributed by atoms with E-state index in [0.29, 0.717) is 6.04 Å². The van der Waals surface area contributed by atoms with Crippen LogP contribution in [0.15, 0.2) is 35.3 Å². The standard InChI is InChI=1S/C23H41N5O/c1-4-24-23(25-13-8-9-15-28-16-18-29-19-17-28)26-14-12-21(2)27(3)20-22-10-6-5-7-11-22/h5-7,10-11,21H,4,8-9,12-20H2,1-3H3,(H2,24,25,26). The van der Waals surface area contributed by atoms with Crippen molar-refractivity contribution in [2.45, 2.75) is 45.7 Å². The fraction of sp³-hybridized carbons (Fsp3) is 0.696. The lowest BCUT2D eigenvalue weighted by Gasteiger charge is -2.26. The fourth-order valence-electron chi connectivity index (χ4n) is 3.45. The number of benzene rings is 1. The smallest absolute Gasteiger partial charge is 0.191 e. The Hall–Kier alpha value is -1.63. The van der Waals surface area contributed by atoms with Gasteiger partial charge in [-0.25, -0.2) is 0 Å². The Labute approximate surface area is 177 Å². The first-order chi connectivity index (χ1) is 14.2. The third-order valence-corrected chi connectivity index (χ3v) is 5.48. The summed E-state index contributed by atoms with van der Waals surface area (Å²) in [5, 5.41) is 6.86. The minimum atomic E-state index is 0.513. The SMILES string of the molecule is CCNC(=NCCCCN1CCOCC1)NCCC(C)N(C)Cc1ccccc1. The number of nitrogens with zero attached hydrogens (tertiary/aromatic N) is 3. The summed E-state index contributed by atoms with van der Waals surface area (Å²) in [4.78, 5) is 9.64. The molecule has 6 heteroatoms. The zero-order valence-electron chi connectivity index (χ0n) is 18.7. The predicted molar refractivity (Wildman–Crippen MR) is 122 cm³/mol. The highest BCUT2D eigenvalue weighted by Gasteiger charge is 2.10. The topological polar surface area (TPSA) is 52.1 Å². The summed E-state index contributed by atoms with van der Waals surface area (Å²) >= 11 is 0. The minimum Gasteiger partial charge on any atom is -0.379 e. The maximum Gasteiger partial charge on any atom is 0.191 e. The molecule has 0 bridgehead atoms. The van der Waals surface area contributed by atoms with Crippen LogP contribution in [0.2, 0.25) is 0 Å². The van der Waals surface area contributed by atoms with E-state index in [9.17, 15) is 0 Å². The number of rotatable bonds is 12. The maximum atomic E-state index is 5.40. The molecule has 0 amide bonds. The molecular weight excluding hydrogens is 362 g/mol. The van der Waals surface area contributed by atoms with E-state index in [0.717, 1.165) is 77.8 Å². The van der Waals surface area contributed by atoms with Crippen molar-refractivity contribution in [3.63, 3.8) is 0 Å². The van der Waals surface area contributed by atoms with Crippen molar-refractivity contribution < 1.29 is 4.74 Å². The highest BCUT2D eigenvalue weighted by molar-refractivity contribution is 5.79. The van der Waals surface area contributed by atoms with E-state index >= 15 is 0 Å². The van der Waals surface area contributed by atoms with Crippen LogP contribution in [-0.4, -0.2) is 81.3 Å². The maximum absolute atomic E-state index is 5.40. The summed E-state index contributed by atoms with van der Waals surface area (Å²) < 4.78 is 5.40. The lowest BCUT2D eigenvalue weighted by molar-refractivity contribution is 0.0373. The van der Waals surface area contributed by atoms with Crippen molar-refractivity contribution in [2.24, 2.45) is 4.99 Å². The molecule has 0 saturated carbocycles. The third kappa shape index (κ3) is 10.1. The van der Waals surface area contributed by atoms with Gasteiger partial charge < -0.3 is 15.4 Å². The Morgan fingerprint density at radius 3 is 2.66 bits per heavy atom. The van der Waals surface area contributed by atoms with E-state index in [2.05, 4.69) is 71.7 Å². The van der Waals surface area contributed by atoms with E-state index in [-0.39, 0.29) is 0 Å². The first kappa shape index (κ1) is 23.6. The number of morpholine rings is 1.